The zero-order chi connectivity index (χ0) is 16.4. The first-order valence-corrected chi connectivity index (χ1v) is 8.17. The summed E-state index contributed by atoms with van der Waals surface area (Å²) in [4.78, 5) is 25.9. The topological polar surface area (TPSA) is 54.3 Å². The molecular formula is C18H23N3O2. The normalized spacial score (nSPS) is 18.1. The lowest BCUT2D eigenvalue weighted by Crippen LogP contribution is -2.36. The number of likely N-dealkylation sites (tertiary alicyclic amines) is 1. The summed E-state index contributed by atoms with van der Waals surface area (Å²) < 4.78 is 2.13. The molecule has 1 aliphatic rings. The van der Waals surface area contributed by atoms with Crippen LogP contribution in [-0.4, -0.2) is 40.4 Å². The zero-order valence-electron chi connectivity index (χ0n) is 13.7. The lowest BCUT2D eigenvalue weighted by atomic mass is 10.1. The van der Waals surface area contributed by atoms with E-state index in [0.717, 1.165) is 6.54 Å². The van der Waals surface area contributed by atoms with Crippen molar-refractivity contribution in [3.63, 3.8) is 0 Å². The van der Waals surface area contributed by atoms with Gasteiger partial charge in [-0.3, -0.25) is 9.59 Å². The molecule has 2 heterocycles. The molecule has 3 rings (SSSR count). The number of nitrogens with one attached hydrogen (secondary N) is 1. The van der Waals surface area contributed by atoms with Crippen LogP contribution in [0.25, 0.3) is 10.9 Å². The van der Waals surface area contributed by atoms with Crippen molar-refractivity contribution < 1.29 is 9.59 Å². The van der Waals surface area contributed by atoms with Crippen LogP contribution >= 0.6 is 0 Å². The van der Waals surface area contributed by atoms with Gasteiger partial charge in [0.15, 0.2) is 0 Å². The Morgan fingerprint density at radius 3 is 2.83 bits per heavy atom. The molecule has 1 atom stereocenters. The van der Waals surface area contributed by atoms with E-state index in [9.17, 15) is 9.59 Å². The van der Waals surface area contributed by atoms with Crippen molar-refractivity contribution in [1.29, 1.82) is 0 Å². The maximum absolute atomic E-state index is 12.3. The fourth-order valence-corrected chi connectivity index (χ4v) is 3.19. The van der Waals surface area contributed by atoms with E-state index < -0.39 is 0 Å². The van der Waals surface area contributed by atoms with Gasteiger partial charge < -0.3 is 14.8 Å². The van der Waals surface area contributed by atoms with Crippen LogP contribution < -0.4 is 5.32 Å². The van der Waals surface area contributed by atoms with Crippen LogP contribution in [-0.2, 0) is 16.1 Å². The molecule has 5 nitrogen and oxygen atoms in total. The van der Waals surface area contributed by atoms with Crippen molar-refractivity contribution in [2.75, 3.05) is 13.1 Å². The molecule has 0 bridgehead atoms. The van der Waals surface area contributed by atoms with Crippen molar-refractivity contribution in [1.82, 2.24) is 14.8 Å². The Bertz CT molecular complexity index is 720. The maximum Gasteiger partial charge on any atom is 0.225 e. The molecule has 5 heteroatoms. The van der Waals surface area contributed by atoms with Crippen LogP contribution in [0, 0.1) is 5.92 Å². The van der Waals surface area contributed by atoms with Crippen molar-refractivity contribution in [2.24, 2.45) is 5.92 Å². The summed E-state index contributed by atoms with van der Waals surface area (Å²) in [6, 6.07) is 10.4. The summed E-state index contributed by atoms with van der Waals surface area (Å²) in [6.45, 7) is 5.80. The van der Waals surface area contributed by atoms with Gasteiger partial charge in [-0.15, -0.1) is 0 Å². The number of aromatic nitrogens is 1. The number of rotatable bonds is 5. The Balaban J connectivity index is 1.53. The van der Waals surface area contributed by atoms with Crippen LogP contribution in [0.5, 0.6) is 0 Å². The predicted molar refractivity (Wildman–Crippen MR) is 89.9 cm³/mol. The number of para-hydroxylation sites is 1. The molecule has 1 fully saturated rings. The third-order valence-corrected chi connectivity index (χ3v) is 4.48. The van der Waals surface area contributed by atoms with E-state index in [4.69, 9.17) is 0 Å². The van der Waals surface area contributed by atoms with E-state index >= 15 is 0 Å². The molecule has 1 N–H and O–H groups in total. The lowest BCUT2D eigenvalue weighted by Gasteiger charge is -2.20. The summed E-state index contributed by atoms with van der Waals surface area (Å²) in [5.41, 5.74) is 1.17. The number of amides is 2. The Morgan fingerprint density at radius 2 is 2.09 bits per heavy atom. The van der Waals surface area contributed by atoms with Crippen molar-refractivity contribution in [2.45, 2.75) is 32.9 Å². The smallest absolute Gasteiger partial charge is 0.225 e. The van der Waals surface area contributed by atoms with Gasteiger partial charge in [0.05, 0.1) is 5.92 Å². The van der Waals surface area contributed by atoms with E-state index in [1.165, 1.54) is 10.9 Å². The second-order valence-electron chi connectivity index (χ2n) is 6.40. The minimum atomic E-state index is -0.216. The van der Waals surface area contributed by atoms with Gasteiger partial charge in [0.2, 0.25) is 11.8 Å². The van der Waals surface area contributed by atoms with Gasteiger partial charge >= 0.3 is 0 Å². The monoisotopic (exact) mass is 313 g/mol. The molecule has 1 aliphatic heterocycles. The van der Waals surface area contributed by atoms with E-state index in [0.29, 0.717) is 19.5 Å². The molecular weight excluding hydrogens is 290 g/mol. The van der Waals surface area contributed by atoms with Gasteiger partial charge in [0.25, 0.3) is 0 Å². The van der Waals surface area contributed by atoms with E-state index in [-0.39, 0.29) is 23.8 Å². The summed E-state index contributed by atoms with van der Waals surface area (Å²) >= 11 is 0. The lowest BCUT2D eigenvalue weighted by molar-refractivity contribution is -0.129. The number of carbonyl (C=O) groups is 2. The quantitative estimate of drug-likeness (QED) is 0.918. The van der Waals surface area contributed by atoms with Crippen molar-refractivity contribution in [3.8, 4) is 0 Å². The van der Waals surface area contributed by atoms with Gasteiger partial charge in [-0.2, -0.15) is 0 Å². The minimum absolute atomic E-state index is 0.0158. The first-order chi connectivity index (χ1) is 11.1. The Hall–Kier alpha value is -2.30. The number of benzene rings is 1. The van der Waals surface area contributed by atoms with Crippen molar-refractivity contribution in [3.05, 3.63) is 36.5 Å². The molecule has 0 aliphatic carbocycles. The SMILES string of the molecule is CC(C)N1CC(C(=O)NCCn2ccc3ccccc32)CC1=O. The number of hydrogen-bond donors (Lipinski definition) is 1. The van der Waals surface area contributed by atoms with Crippen LogP contribution in [0.2, 0.25) is 0 Å². The standard InChI is InChI=1S/C18H23N3O2/c1-13(2)21-12-15(11-17(21)22)18(23)19-8-10-20-9-7-14-5-3-4-6-16(14)20/h3-7,9,13,15H,8,10-12H2,1-2H3,(H,19,23). The third-order valence-electron chi connectivity index (χ3n) is 4.48. The maximum atomic E-state index is 12.3. The Labute approximate surface area is 136 Å². The highest BCUT2D eigenvalue weighted by Crippen LogP contribution is 2.20. The third kappa shape index (κ3) is 3.23. The van der Waals surface area contributed by atoms with Gasteiger partial charge in [-0.1, -0.05) is 18.2 Å². The second kappa shape index (κ2) is 6.44. The molecule has 0 radical (unpaired) electrons. The summed E-state index contributed by atoms with van der Waals surface area (Å²) in [5, 5.41) is 4.17. The summed E-state index contributed by atoms with van der Waals surface area (Å²) in [5.74, 6) is -0.152. The first kappa shape index (κ1) is 15.6. The zero-order valence-corrected chi connectivity index (χ0v) is 13.7. The largest absolute Gasteiger partial charge is 0.354 e. The molecule has 23 heavy (non-hydrogen) atoms. The second-order valence-corrected chi connectivity index (χ2v) is 6.40. The molecule has 1 aromatic carbocycles. The average molecular weight is 313 g/mol. The number of nitrogens with zero attached hydrogens (tertiary/aromatic N) is 2. The molecule has 0 spiro atoms. The molecule has 1 unspecified atom stereocenters. The number of fused-ring (bicyclic) bond motifs is 1. The summed E-state index contributed by atoms with van der Waals surface area (Å²) in [7, 11) is 0. The Kier molecular flexibility index (Phi) is 4.37. The molecule has 1 aromatic heterocycles. The van der Waals surface area contributed by atoms with Crippen molar-refractivity contribution >= 4 is 22.7 Å². The highest BCUT2D eigenvalue weighted by Gasteiger charge is 2.35. The van der Waals surface area contributed by atoms with E-state index in [1.54, 1.807) is 4.90 Å². The fraction of sp³-hybridized carbons (Fsp3) is 0.444. The first-order valence-electron chi connectivity index (χ1n) is 8.17. The summed E-state index contributed by atoms with van der Waals surface area (Å²) in [6.07, 6.45) is 2.37. The van der Waals surface area contributed by atoms with Gasteiger partial charge in [-0.25, -0.2) is 0 Å². The molecule has 122 valence electrons. The van der Waals surface area contributed by atoms with Crippen LogP contribution in [0.15, 0.2) is 36.5 Å². The molecule has 1 saturated heterocycles. The van der Waals surface area contributed by atoms with E-state index in [1.807, 2.05) is 32.2 Å². The minimum Gasteiger partial charge on any atom is -0.354 e. The highest BCUT2D eigenvalue weighted by molar-refractivity contribution is 5.89. The van der Waals surface area contributed by atoms with Gasteiger partial charge in [0, 0.05) is 43.8 Å². The van der Waals surface area contributed by atoms with Crippen LogP contribution in [0.1, 0.15) is 20.3 Å². The fourth-order valence-electron chi connectivity index (χ4n) is 3.19. The van der Waals surface area contributed by atoms with Gasteiger partial charge in [-0.05, 0) is 31.4 Å². The van der Waals surface area contributed by atoms with Crippen LogP contribution in [0.3, 0.4) is 0 Å². The van der Waals surface area contributed by atoms with Crippen LogP contribution in [0.4, 0.5) is 0 Å². The predicted octanol–water partition coefficient (Wildman–Crippen LogP) is 2.01. The average Bonchev–Trinajstić information content (AvgIpc) is 3.11. The number of hydrogen-bond acceptors (Lipinski definition) is 2. The highest BCUT2D eigenvalue weighted by atomic mass is 16.2. The Morgan fingerprint density at radius 1 is 1.30 bits per heavy atom. The molecule has 2 aromatic rings. The number of carbonyl (C=O) groups excluding carboxylic acids is 2. The molecule has 0 saturated carbocycles. The van der Waals surface area contributed by atoms with E-state index in [2.05, 4.69) is 28.1 Å². The van der Waals surface area contributed by atoms with Gasteiger partial charge in [0.1, 0.15) is 0 Å². The molecule has 2 amide bonds.